The van der Waals surface area contributed by atoms with Gasteiger partial charge in [0.15, 0.2) is 10.7 Å². The minimum absolute atomic E-state index is 0.0109. The van der Waals surface area contributed by atoms with Crippen molar-refractivity contribution in [3.63, 3.8) is 0 Å². The van der Waals surface area contributed by atoms with Crippen LogP contribution >= 0.6 is 11.3 Å². The number of hydrogen-bond donors (Lipinski definition) is 4. The van der Waals surface area contributed by atoms with Gasteiger partial charge in [0.05, 0.1) is 78.7 Å². The van der Waals surface area contributed by atoms with Gasteiger partial charge < -0.3 is 49.3 Å². The summed E-state index contributed by atoms with van der Waals surface area (Å²) in [6.45, 7) is 8.23. The summed E-state index contributed by atoms with van der Waals surface area (Å²) in [5.41, 5.74) is 1.91. The number of rotatable bonds is 11. The standard InChI is InChI=1S/C51H54F4N10O8S/c1-24(2)41(61-49(68)70-5)46(66)63-13-7-9-35(63)44-57-22-33(59-44)28-18-31(52)40-37-19-29-17-27(11-12-34(29)65(37)48(73-38(40)20-28)45-60-39(23-74-45)51(53,54)55)32-21-56-43(58-32)36-10-8-14-64(36)47(67)42(62-50(69)71-6)30-15-25(3)72-26(4)16-30/h11-12,15,17-24,26,30,35-36,41-42,48H,7-10,13-14,16H2,1-6H3,(H,56,58)(H,57,59)(H,61,68)(H,62,69)/t26-,30?,35-,36-,41?,42?,48?/m0/s1. The van der Waals surface area contributed by atoms with Gasteiger partial charge in [0.25, 0.3) is 0 Å². The van der Waals surface area contributed by atoms with Crippen molar-refractivity contribution in [2.24, 2.45) is 11.8 Å². The number of ether oxygens (including phenoxy) is 4. The van der Waals surface area contributed by atoms with Crippen LogP contribution in [0.25, 0.3) is 44.7 Å². The first-order valence-corrected chi connectivity index (χ1v) is 25.2. The Kier molecular flexibility index (Phi) is 13.4. The molecule has 0 radical (unpaired) electrons. The minimum atomic E-state index is -4.73. The zero-order valence-corrected chi connectivity index (χ0v) is 42.0. The van der Waals surface area contributed by atoms with Crippen LogP contribution in [0, 0.1) is 17.7 Å². The number of amides is 4. The second-order valence-electron chi connectivity index (χ2n) is 19.4. The number of H-pyrrole nitrogens is 2. The highest BCUT2D eigenvalue weighted by molar-refractivity contribution is 7.09. The highest BCUT2D eigenvalue weighted by Gasteiger charge is 2.43. The number of imidazole rings is 2. The number of nitrogens with one attached hydrogen (secondary N) is 4. The maximum atomic E-state index is 16.9. The number of benzene rings is 2. The van der Waals surface area contributed by atoms with E-state index in [1.165, 1.54) is 26.5 Å². The fourth-order valence-corrected chi connectivity index (χ4v) is 11.6. The molecule has 7 atom stereocenters. The molecule has 18 nitrogen and oxygen atoms in total. The topological polar surface area (TPSA) is 211 Å². The number of thiazole rings is 1. The number of alkyl carbamates (subject to hydrolysis) is 2. The Hall–Kier alpha value is -7.43. The zero-order chi connectivity index (χ0) is 52.3. The van der Waals surface area contributed by atoms with Crippen LogP contribution in [0.4, 0.5) is 27.2 Å². The van der Waals surface area contributed by atoms with E-state index in [0.29, 0.717) is 102 Å². The molecule has 23 heteroatoms. The SMILES string of the molecule is COC(=O)NC(C(=O)N1CCC[C@H]1c1ncc(-c2cc(F)c3c(c2)OC(c2nc(C(F)(F)F)cs2)n2c-3cc3cc(-c4cnc([C@@H]5CCCN5C(=O)C(NC(=O)OC)C5C=C(C)O[C@@H](C)C5)[nH]4)ccc32)[nH]1)C(C)C. The molecule has 0 aliphatic carbocycles. The van der Waals surface area contributed by atoms with Gasteiger partial charge in [-0.1, -0.05) is 19.9 Å². The van der Waals surface area contributed by atoms with Gasteiger partial charge in [-0.05, 0) is 88.3 Å². The van der Waals surface area contributed by atoms with E-state index >= 15 is 4.39 Å². The third kappa shape index (κ3) is 9.40. The quantitative estimate of drug-likeness (QED) is 0.0898. The summed E-state index contributed by atoms with van der Waals surface area (Å²) in [6.07, 6.45) is 0.555. The molecule has 4 aliphatic rings. The van der Waals surface area contributed by atoms with Crippen molar-refractivity contribution in [2.75, 3.05) is 27.3 Å². The van der Waals surface area contributed by atoms with E-state index < -0.39 is 60.3 Å². The number of allylic oxidation sites excluding steroid dienone is 1. The van der Waals surface area contributed by atoms with E-state index in [2.05, 4.69) is 30.6 Å². The van der Waals surface area contributed by atoms with Gasteiger partial charge >= 0.3 is 18.4 Å². The average Bonchev–Trinajstić information content (AvgIpc) is 4.24. The Morgan fingerprint density at radius 1 is 0.865 bits per heavy atom. The van der Waals surface area contributed by atoms with Gasteiger partial charge in [0.1, 0.15) is 35.3 Å². The lowest BCUT2D eigenvalue weighted by atomic mass is 9.90. The number of carbonyl (C=O) groups excluding carboxylic acids is 4. The number of hydrogen-bond acceptors (Lipinski definition) is 12. The van der Waals surface area contributed by atoms with Crippen LogP contribution < -0.4 is 15.4 Å². The van der Waals surface area contributed by atoms with Crippen LogP contribution in [-0.2, 0) is 30.0 Å². The molecule has 0 spiro atoms. The Morgan fingerprint density at radius 3 is 2.14 bits per heavy atom. The van der Waals surface area contributed by atoms with Gasteiger partial charge in [-0.25, -0.2) is 28.9 Å². The van der Waals surface area contributed by atoms with Crippen LogP contribution in [0.1, 0.15) is 100 Å². The molecule has 2 saturated heterocycles. The normalized spacial score (nSPS) is 21.3. The molecule has 8 heterocycles. The summed E-state index contributed by atoms with van der Waals surface area (Å²) < 4.78 is 82.5. The molecule has 0 bridgehead atoms. The summed E-state index contributed by atoms with van der Waals surface area (Å²) in [7, 11) is 2.47. The number of fused-ring (bicyclic) bond motifs is 5. The summed E-state index contributed by atoms with van der Waals surface area (Å²) >= 11 is 0.771. The lowest BCUT2D eigenvalue weighted by Gasteiger charge is -2.34. The van der Waals surface area contributed by atoms with Gasteiger partial charge in [0, 0.05) is 40.9 Å². The molecule has 74 heavy (non-hydrogen) atoms. The maximum absolute atomic E-state index is 16.9. The number of alkyl halides is 3. The maximum Gasteiger partial charge on any atom is 0.434 e. The summed E-state index contributed by atoms with van der Waals surface area (Å²) in [6, 6.07) is 7.47. The zero-order valence-electron chi connectivity index (χ0n) is 41.2. The smallest absolute Gasteiger partial charge is 0.434 e. The fourth-order valence-electron chi connectivity index (χ4n) is 10.7. The van der Waals surface area contributed by atoms with Crippen LogP contribution in [-0.4, -0.2) is 109 Å². The fraction of sp³-hybridized carbons (Fsp3) is 0.431. The monoisotopic (exact) mass is 1040 g/mol. The predicted octanol–water partition coefficient (Wildman–Crippen LogP) is 9.40. The molecular weight excluding hydrogens is 989 g/mol. The average molecular weight is 1040 g/mol. The number of carbonyl (C=O) groups is 4. The predicted molar refractivity (Wildman–Crippen MR) is 262 cm³/mol. The third-order valence-corrected chi connectivity index (χ3v) is 15.0. The van der Waals surface area contributed by atoms with Crippen molar-refractivity contribution in [3.05, 3.63) is 94.2 Å². The molecule has 4 aliphatic heterocycles. The molecule has 4 unspecified atom stereocenters. The summed E-state index contributed by atoms with van der Waals surface area (Å²) in [4.78, 5) is 76.2. The largest absolute Gasteiger partial charge is 0.496 e. The lowest BCUT2D eigenvalue weighted by molar-refractivity contribution is -0.141. The van der Waals surface area contributed by atoms with Crippen molar-refractivity contribution in [3.8, 4) is 39.5 Å². The van der Waals surface area contributed by atoms with Gasteiger partial charge in [-0.15, -0.1) is 11.3 Å². The van der Waals surface area contributed by atoms with Crippen LogP contribution in [0.5, 0.6) is 5.75 Å². The number of halogens is 4. The minimum Gasteiger partial charge on any atom is -0.496 e. The van der Waals surface area contributed by atoms with Crippen molar-refractivity contribution in [1.29, 1.82) is 0 Å². The number of methoxy groups -OCH3 is 2. The van der Waals surface area contributed by atoms with E-state index in [9.17, 15) is 32.3 Å². The molecule has 10 rings (SSSR count). The Morgan fingerprint density at radius 2 is 1.51 bits per heavy atom. The van der Waals surface area contributed by atoms with Gasteiger partial charge in [-0.3, -0.25) is 14.2 Å². The highest BCUT2D eigenvalue weighted by atomic mass is 32.1. The van der Waals surface area contributed by atoms with Crippen LogP contribution in [0.2, 0.25) is 0 Å². The lowest BCUT2D eigenvalue weighted by Crippen LogP contribution is -2.52. The molecule has 6 aromatic rings. The van der Waals surface area contributed by atoms with E-state index in [1.54, 1.807) is 38.8 Å². The Balaban J connectivity index is 0.963. The molecule has 2 fully saturated rings. The Bertz CT molecular complexity index is 3180. The van der Waals surface area contributed by atoms with Crippen molar-refractivity contribution >= 4 is 46.2 Å². The molecule has 4 N–H and O–H groups in total. The summed E-state index contributed by atoms with van der Waals surface area (Å²) in [5, 5.41) is 6.92. The first-order chi connectivity index (χ1) is 35.4. The number of likely N-dealkylation sites (tertiary alicyclic amines) is 2. The van der Waals surface area contributed by atoms with Crippen molar-refractivity contribution in [1.82, 2.24) is 49.9 Å². The van der Waals surface area contributed by atoms with Gasteiger partial charge in [0.2, 0.25) is 18.0 Å². The molecular formula is C51H54F4N10O8S. The van der Waals surface area contributed by atoms with E-state index in [4.69, 9.17) is 23.9 Å². The van der Waals surface area contributed by atoms with E-state index in [1.807, 2.05) is 45.9 Å². The van der Waals surface area contributed by atoms with E-state index in [0.717, 1.165) is 16.7 Å². The molecule has 390 valence electrons. The third-order valence-electron chi connectivity index (χ3n) is 14.1. The number of aromatic nitrogens is 6. The van der Waals surface area contributed by atoms with Crippen molar-refractivity contribution < 1.29 is 55.7 Å². The Labute approximate surface area is 425 Å². The second kappa shape index (κ2) is 19.8. The first-order valence-electron chi connectivity index (χ1n) is 24.3. The molecule has 4 aromatic heterocycles. The van der Waals surface area contributed by atoms with Crippen molar-refractivity contribution in [2.45, 2.75) is 102 Å². The number of aromatic amines is 2. The molecule has 4 amide bonds. The number of nitrogens with zero attached hydrogens (tertiary/aromatic N) is 6. The molecule has 0 saturated carbocycles. The molecule has 2 aromatic carbocycles. The highest BCUT2D eigenvalue weighted by Crippen LogP contribution is 2.48. The van der Waals surface area contributed by atoms with Crippen LogP contribution in [0.15, 0.2) is 66.0 Å². The van der Waals surface area contributed by atoms with Gasteiger partial charge in [-0.2, -0.15) is 13.2 Å². The first kappa shape index (κ1) is 50.1. The second-order valence-corrected chi connectivity index (χ2v) is 20.3. The van der Waals surface area contributed by atoms with Crippen LogP contribution in [0.3, 0.4) is 0 Å². The summed E-state index contributed by atoms with van der Waals surface area (Å²) in [5.74, 6) is -0.104. The van der Waals surface area contributed by atoms with E-state index in [-0.39, 0.29) is 46.1 Å².